The minimum Gasteiger partial charge on any atom is -0.380 e. The molecule has 0 amide bonds. The highest BCUT2D eigenvalue weighted by Gasteiger charge is 2.29. The van der Waals surface area contributed by atoms with Crippen LogP contribution in [0.5, 0.6) is 0 Å². The number of hydrogen-bond acceptors (Lipinski definition) is 1. The van der Waals surface area contributed by atoms with Crippen LogP contribution >= 0.6 is 0 Å². The van der Waals surface area contributed by atoms with Crippen LogP contribution in [-0.4, -0.2) is 6.04 Å². The third-order valence-corrected chi connectivity index (χ3v) is 6.26. The zero-order valence-electron chi connectivity index (χ0n) is 16.9. The van der Waals surface area contributed by atoms with Gasteiger partial charge in [0.15, 0.2) is 0 Å². The predicted molar refractivity (Wildman–Crippen MR) is 120 cm³/mol. The lowest BCUT2D eigenvalue weighted by molar-refractivity contribution is 0.353. The van der Waals surface area contributed by atoms with Gasteiger partial charge in [-0.2, -0.15) is 0 Å². The van der Waals surface area contributed by atoms with E-state index in [0.717, 1.165) is 19.3 Å². The molecule has 0 aliphatic heterocycles. The van der Waals surface area contributed by atoms with Crippen LogP contribution in [0.3, 0.4) is 0 Å². The fraction of sp³-hybridized carbons (Fsp3) is 0.333. The van der Waals surface area contributed by atoms with Crippen molar-refractivity contribution < 1.29 is 4.39 Å². The van der Waals surface area contributed by atoms with Gasteiger partial charge in [0.05, 0.1) is 5.69 Å². The van der Waals surface area contributed by atoms with Crippen molar-refractivity contribution in [3.8, 4) is 0 Å². The molecule has 2 heteroatoms. The average Bonchev–Trinajstić information content (AvgIpc) is 2.93. The summed E-state index contributed by atoms with van der Waals surface area (Å²) in [4.78, 5) is 0. The fourth-order valence-corrected chi connectivity index (χ4v) is 4.82. The van der Waals surface area contributed by atoms with Gasteiger partial charge in [0.25, 0.3) is 0 Å². The van der Waals surface area contributed by atoms with E-state index in [9.17, 15) is 4.39 Å². The summed E-state index contributed by atoms with van der Waals surface area (Å²) in [5, 5.41) is 3.57. The van der Waals surface area contributed by atoms with Crippen LogP contribution in [0.25, 0.3) is 0 Å². The molecule has 0 aromatic heterocycles. The highest BCUT2D eigenvalue weighted by Crippen LogP contribution is 2.34. The summed E-state index contributed by atoms with van der Waals surface area (Å²) in [6.07, 6.45) is 6.88. The maximum absolute atomic E-state index is 14.3. The molecule has 0 saturated heterocycles. The van der Waals surface area contributed by atoms with Crippen molar-refractivity contribution in [1.29, 1.82) is 0 Å². The Morgan fingerprint density at radius 1 is 0.724 bits per heavy atom. The van der Waals surface area contributed by atoms with Crippen LogP contribution in [0, 0.1) is 17.7 Å². The lowest BCUT2D eigenvalue weighted by Gasteiger charge is -2.29. The number of rotatable bonds is 6. The first-order chi connectivity index (χ1) is 14.3. The fourth-order valence-electron chi connectivity index (χ4n) is 4.82. The van der Waals surface area contributed by atoms with Crippen LogP contribution in [0.15, 0.2) is 84.9 Å². The van der Waals surface area contributed by atoms with Crippen LogP contribution in [0.4, 0.5) is 10.1 Å². The smallest absolute Gasteiger partial charge is 0.146 e. The topological polar surface area (TPSA) is 12.0 Å². The van der Waals surface area contributed by atoms with Gasteiger partial charge in [-0.3, -0.25) is 0 Å². The maximum Gasteiger partial charge on any atom is 0.146 e. The van der Waals surface area contributed by atoms with Crippen LogP contribution < -0.4 is 5.32 Å². The molecule has 3 aromatic rings. The van der Waals surface area contributed by atoms with Gasteiger partial charge >= 0.3 is 0 Å². The summed E-state index contributed by atoms with van der Waals surface area (Å²) >= 11 is 0. The quantitative estimate of drug-likeness (QED) is 0.454. The van der Waals surface area contributed by atoms with Gasteiger partial charge in [-0.05, 0) is 60.8 Å². The van der Waals surface area contributed by atoms with Crippen molar-refractivity contribution in [3.05, 3.63) is 102 Å². The summed E-state index contributed by atoms with van der Waals surface area (Å²) in [7, 11) is 0. The standard InChI is InChI=1S/C27H30FN/c28-25-15-7-8-16-27(25)29-26-17-9-14-23(18-21-10-3-1-4-11-21)20-24(26)19-22-12-5-2-6-13-22/h1-8,10-13,15-16,23-24,26,29H,9,14,17-20H2. The van der Waals surface area contributed by atoms with Crippen molar-refractivity contribution in [2.45, 2.75) is 44.6 Å². The van der Waals surface area contributed by atoms with Gasteiger partial charge in [-0.15, -0.1) is 0 Å². The van der Waals surface area contributed by atoms with Crippen LogP contribution in [0.2, 0.25) is 0 Å². The number of para-hydroxylation sites is 1. The summed E-state index contributed by atoms with van der Waals surface area (Å²) in [6, 6.07) is 29.0. The minimum absolute atomic E-state index is 0.156. The number of anilines is 1. The maximum atomic E-state index is 14.3. The second-order valence-electron chi connectivity index (χ2n) is 8.40. The van der Waals surface area contributed by atoms with E-state index in [1.54, 1.807) is 12.1 Å². The van der Waals surface area contributed by atoms with Crippen molar-refractivity contribution in [2.24, 2.45) is 11.8 Å². The Bertz CT molecular complexity index is 877. The number of nitrogens with one attached hydrogen (secondary N) is 1. The molecule has 29 heavy (non-hydrogen) atoms. The van der Waals surface area contributed by atoms with Crippen molar-refractivity contribution in [1.82, 2.24) is 0 Å². The van der Waals surface area contributed by atoms with E-state index in [-0.39, 0.29) is 5.82 Å². The summed E-state index contributed by atoms with van der Waals surface area (Å²) in [5.41, 5.74) is 3.44. The zero-order chi connectivity index (χ0) is 19.9. The Morgan fingerprint density at radius 3 is 2.03 bits per heavy atom. The van der Waals surface area contributed by atoms with Gasteiger partial charge in [0.2, 0.25) is 0 Å². The van der Waals surface area contributed by atoms with E-state index in [2.05, 4.69) is 66.0 Å². The largest absolute Gasteiger partial charge is 0.380 e. The molecule has 1 saturated carbocycles. The van der Waals surface area contributed by atoms with Crippen LogP contribution in [-0.2, 0) is 12.8 Å². The summed E-state index contributed by atoms with van der Waals surface area (Å²) < 4.78 is 14.3. The molecule has 1 fully saturated rings. The van der Waals surface area contributed by atoms with Gasteiger partial charge < -0.3 is 5.32 Å². The van der Waals surface area contributed by atoms with Gasteiger partial charge in [0, 0.05) is 6.04 Å². The molecule has 150 valence electrons. The highest BCUT2D eigenvalue weighted by molar-refractivity contribution is 5.45. The average molecular weight is 388 g/mol. The summed E-state index contributed by atoms with van der Waals surface area (Å²) in [5.74, 6) is 1.02. The van der Waals surface area contributed by atoms with E-state index < -0.39 is 0 Å². The molecule has 3 unspecified atom stereocenters. The lowest BCUT2D eigenvalue weighted by atomic mass is 9.83. The van der Waals surface area contributed by atoms with E-state index in [0.29, 0.717) is 23.6 Å². The molecule has 1 aliphatic rings. The number of hydrogen-bond donors (Lipinski definition) is 1. The van der Waals surface area contributed by atoms with Crippen LogP contribution in [0.1, 0.15) is 36.8 Å². The Morgan fingerprint density at radius 2 is 1.34 bits per heavy atom. The normalized spacial score (nSPS) is 22.0. The molecule has 1 aliphatic carbocycles. The Hall–Kier alpha value is -2.61. The Labute approximate surface area is 174 Å². The highest BCUT2D eigenvalue weighted by atomic mass is 19.1. The zero-order valence-corrected chi connectivity index (χ0v) is 16.9. The number of benzene rings is 3. The molecule has 3 atom stereocenters. The molecule has 0 radical (unpaired) electrons. The number of halogens is 1. The Balaban J connectivity index is 1.53. The third kappa shape index (κ3) is 5.47. The Kier molecular flexibility index (Phi) is 6.61. The van der Waals surface area contributed by atoms with E-state index >= 15 is 0 Å². The minimum atomic E-state index is -0.156. The molecule has 1 nitrogen and oxygen atoms in total. The first-order valence-corrected chi connectivity index (χ1v) is 10.9. The van der Waals surface area contributed by atoms with Gasteiger partial charge in [-0.1, -0.05) is 85.6 Å². The molecular weight excluding hydrogens is 357 g/mol. The van der Waals surface area contributed by atoms with E-state index in [1.165, 1.54) is 30.4 Å². The molecular formula is C27H30FN. The molecule has 0 bridgehead atoms. The van der Waals surface area contributed by atoms with Crippen molar-refractivity contribution >= 4 is 5.69 Å². The molecule has 0 spiro atoms. The molecule has 4 rings (SSSR count). The monoisotopic (exact) mass is 387 g/mol. The second kappa shape index (κ2) is 9.73. The first-order valence-electron chi connectivity index (χ1n) is 10.9. The van der Waals surface area contributed by atoms with E-state index in [4.69, 9.17) is 0 Å². The SMILES string of the molecule is Fc1ccccc1NC1CCCC(Cc2ccccc2)CC1Cc1ccccc1. The van der Waals surface area contributed by atoms with Gasteiger partial charge in [0.1, 0.15) is 5.82 Å². The molecule has 1 N–H and O–H groups in total. The third-order valence-electron chi connectivity index (χ3n) is 6.26. The summed E-state index contributed by atoms with van der Waals surface area (Å²) in [6.45, 7) is 0. The lowest BCUT2D eigenvalue weighted by Crippen LogP contribution is -2.31. The predicted octanol–water partition coefficient (Wildman–Crippen LogP) is 6.90. The second-order valence-corrected chi connectivity index (χ2v) is 8.40. The van der Waals surface area contributed by atoms with Gasteiger partial charge in [-0.25, -0.2) is 4.39 Å². The first kappa shape index (κ1) is 19.7. The molecule has 3 aromatic carbocycles. The molecule has 0 heterocycles. The van der Waals surface area contributed by atoms with Crippen molar-refractivity contribution in [2.75, 3.05) is 5.32 Å². The van der Waals surface area contributed by atoms with E-state index in [1.807, 2.05) is 12.1 Å². The van der Waals surface area contributed by atoms with Crippen molar-refractivity contribution in [3.63, 3.8) is 0 Å².